The molecule has 0 atom stereocenters. The molecule has 0 fully saturated rings. The first kappa shape index (κ1) is 23.2. The Labute approximate surface area is 187 Å². The number of carboxylic acids is 2. The van der Waals surface area contributed by atoms with Gasteiger partial charge in [-0.2, -0.15) is 0 Å². The highest BCUT2D eigenvalue weighted by Crippen LogP contribution is 2.29. The average molecular weight is 471 g/mol. The number of rotatable bonds is 9. The van der Waals surface area contributed by atoms with E-state index < -0.39 is 48.6 Å². The number of nitro groups is 1. The summed E-state index contributed by atoms with van der Waals surface area (Å²) in [6.45, 7) is 0.270. The van der Waals surface area contributed by atoms with E-state index in [-0.39, 0.29) is 17.9 Å². The first-order valence-corrected chi connectivity index (χ1v) is 10.8. The normalized spacial score (nSPS) is 10.9. The fourth-order valence-electron chi connectivity index (χ4n) is 2.92. The molecule has 0 heterocycles. The summed E-state index contributed by atoms with van der Waals surface area (Å²) in [5.74, 6) is -2.91. The molecule has 0 radical (unpaired) electrons. The summed E-state index contributed by atoms with van der Waals surface area (Å²) in [7, 11) is -4.41. The number of aromatic carboxylic acids is 2. The van der Waals surface area contributed by atoms with E-state index in [4.69, 9.17) is 10.2 Å². The standard InChI is InChI=1S/C21H17N3O8S/c25-20(26)14-8-15(21(27)28)10-16(9-14)23-33(31,32)17-6-7-18(19(11-17)24(29)30)22-12-13-4-2-1-3-5-13/h1-11,22-23H,12H2,(H,25,26)(H,27,28). The fourth-order valence-corrected chi connectivity index (χ4v) is 3.98. The van der Waals surface area contributed by atoms with Crippen LogP contribution in [-0.2, 0) is 16.6 Å². The van der Waals surface area contributed by atoms with Crippen molar-refractivity contribution in [3.63, 3.8) is 0 Å². The predicted molar refractivity (Wildman–Crippen MR) is 118 cm³/mol. The lowest BCUT2D eigenvalue weighted by Crippen LogP contribution is -2.15. The van der Waals surface area contributed by atoms with Crippen LogP contribution in [0.2, 0.25) is 0 Å². The van der Waals surface area contributed by atoms with Gasteiger partial charge in [0.15, 0.2) is 0 Å². The summed E-state index contributed by atoms with van der Waals surface area (Å²) < 4.78 is 27.6. The van der Waals surface area contributed by atoms with Gasteiger partial charge in [0.05, 0.1) is 26.6 Å². The molecule has 0 aliphatic heterocycles. The number of nitro benzene ring substituents is 1. The molecule has 0 amide bonds. The molecule has 3 aromatic rings. The molecule has 4 N–H and O–H groups in total. The van der Waals surface area contributed by atoms with E-state index in [2.05, 4.69) is 10.0 Å². The van der Waals surface area contributed by atoms with Crippen molar-refractivity contribution in [2.75, 3.05) is 10.0 Å². The van der Waals surface area contributed by atoms with Crippen LogP contribution in [-0.4, -0.2) is 35.5 Å². The summed E-state index contributed by atoms with van der Waals surface area (Å²) >= 11 is 0. The SMILES string of the molecule is O=C(O)c1cc(NS(=O)(=O)c2ccc(NCc3ccccc3)c([N+](=O)[O-])c2)cc(C(=O)O)c1. The Kier molecular flexibility index (Phi) is 6.59. The zero-order chi connectivity index (χ0) is 24.2. The molecule has 11 nitrogen and oxygen atoms in total. The Morgan fingerprint density at radius 3 is 2.06 bits per heavy atom. The van der Waals surface area contributed by atoms with Crippen LogP contribution in [0.4, 0.5) is 17.1 Å². The average Bonchev–Trinajstić information content (AvgIpc) is 2.77. The molecule has 0 aliphatic carbocycles. The molecule has 0 spiro atoms. The minimum Gasteiger partial charge on any atom is -0.478 e. The number of anilines is 2. The lowest BCUT2D eigenvalue weighted by Gasteiger charge is -2.12. The summed E-state index contributed by atoms with van der Waals surface area (Å²) in [6, 6.07) is 15.1. The first-order chi connectivity index (χ1) is 15.6. The number of benzene rings is 3. The molecule has 12 heteroatoms. The van der Waals surface area contributed by atoms with Gasteiger partial charge in [-0.25, -0.2) is 18.0 Å². The van der Waals surface area contributed by atoms with Crippen molar-refractivity contribution in [3.05, 3.63) is 93.5 Å². The number of nitrogens with zero attached hydrogens (tertiary/aromatic N) is 1. The highest BCUT2D eigenvalue weighted by atomic mass is 32.2. The van der Waals surface area contributed by atoms with E-state index in [1.807, 2.05) is 30.3 Å². The van der Waals surface area contributed by atoms with Crippen molar-refractivity contribution in [1.29, 1.82) is 0 Å². The van der Waals surface area contributed by atoms with Gasteiger partial charge in [-0.15, -0.1) is 0 Å². The third kappa shape index (κ3) is 5.62. The molecule has 170 valence electrons. The molecular formula is C21H17N3O8S. The number of carbonyl (C=O) groups is 2. The zero-order valence-corrected chi connectivity index (χ0v) is 17.6. The lowest BCUT2D eigenvalue weighted by molar-refractivity contribution is -0.384. The van der Waals surface area contributed by atoms with Crippen molar-refractivity contribution in [2.45, 2.75) is 11.4 Å². The van der Waals surface area contributed by atoms with Crippen molar-refractivity contribution < 1.29 is 33.1 Å². The minimum atomic E-state index is -4.41. The van der Waals surface area contributed by atoms with Crippen LogP contribution in [0.5, 0.6) is 0 Å². The maximum atomic E-state index is 12.8. The molecule has 0 aromatic heterocycles. The minimum absolute atomic E-state index is 0.101. The molecule has 0 aliphatic rings. The monoisotopic (exact) mass is 471 g/mol. The van der Waals surface area contributed by atoms with Gasteiger partial charge in [0.1, 0.15) is 5.69 Å². The number of sulfonamides is 1. The van der Waals surface area contributed by atoms with Gasteiger partial charge in [0.25, 0.3) is 15.7 Å². The van der Waals surface area contributed by atoms with Gasteiger partial charge >= 0.3 is 11.9 Å². The van der Waals surface area contributed by atoms with Crippen LogP contribution in [0.25, 0.3) is 0 Å². The summed E-state index contributed by atoms with van der Waals surface area (Å²) in [6.07, 6.45) is 0. The molecule has 3 aromatic carbocycles. The highest BCUT2D eigenvalue weighted by Gasteiger charge is 2.23. The lowest BCUT2D eigenvalue weighted by atomic mass is 10.1. The third-order valence-electron chi connectivity index (χ3n) is 4.48. The second-order valence-corrected chi connectivity index (χ2v) is 8.47. The van der Waals surface area contributed by atoms with Gasteiger partial charge in [0.2, 0.25) is 0 Å². The molecule has 0 unspecified atom stereocenters. The smallest absolute Gasteiger partial charge is 0.335 e. The Morgan fingerprint density at radius 2 is 1.52 bits per heavy atom. The fraction of sp³-hybridized carbons (Fsp3) is 0.0476. The molecule has 0 saturated carbocycles. The second kappa shape index (κ2) is 9.36. The van der Waals surface area contributed by atoms with Crippen molar-refractivity contribution >= 4 is 39.0 Å². The van der Waals surface area contributed by atoms with E-state index in [0.29, 0.717) is 0 Å². The first-order valence-electron chi connectivity index (χ1n) is 9.27. The quantitative estimate of drug-likeness (QED) is 0.269. The van der Waals surface area contributed by atoms with Crippen LogP contribution in [0.3, 0.4) is 0 Å². The Balaban J connectivity index is 1.92. The Hall–Kier alpha value is -4.45. The summed E-state index contributed by atoms with van der Waals surface area (Å²) in [5, 5.41) is 32.7. The van der Waals surface area contributed by atoms with Crippen molar-refractivity contribution in [3.8, 4) is 0 Å². The highest BCUT2D eigenvalue weighted by molar-refractivity contribution is 7.92. The maximum absolute atomic E-state index is 12.8. The largest absolute Gasteiger partial charge is 0.478 e. The van der Waals surface area contributed by atoms with Gasteiger partial charge < -0.3 is 15.5 Å². The number of hydrogen-bond donors (Lipinski definition) is 4. The summed E-state index contributed by atoms with van der Waals surface area (Å²) in [5.41, 5.74) is -0.736. The number of hydrogen-bond acceptors (Lipinski definition) is 7. The van der Waals surface area contributed by atoms with E-state index in [0.717, 1.165) is 35.9 Å². The van der Waals surface area contributed by atoms with Crippen LogP contribution >= 0.6 is 0 Å². The van der Waals surface area contributed by atoms with Gasteiger partial charge in [-0.05, 0) is 35.9 Å². The molecular weight excluding hydrogens is 454 g/mol. The van der Waals surface area contributed by atoms with Crippen LogP contribution in [0, 0.1) is 10.1 Å². The van der Waals surface area contributed by atoms with Gasteiger partial charge in [-0.3, -0.25) is 14.8 Å². The second-order valence-electron chi connectivity index (χ2n) is 6.79. The maximum Gasteiger partial charge on any atom is 0.335 e. The van der Waals surface area contributed by atoms with Gasteiger partial charge in [0, 0.05) is 12.6 Å². The van der Waals surface area contributed by atoms with E-state index in [1.165, 1.54) is 6.07 Å². The van der Waals surface area contributed by atoms with Crippen LogP contribution < -0.4 is 10.0 Å². The molecule has 3 rings (SSSR count). The van der Waals surface area contributed by atoms with Gasteiger partial charge in [-0.1, -0.05) is 30.3 Å². The van der Waals surface area contributed by atoms with Crippen LogP contribution in [0.15, 0.2) is 71.6 Å². The predicted octanol–water partition coefficient (Wildman–Crippen LogP) is 3.40. The zero-order valence-electron chi connectivity index (χ0n) is 16.8. The van der Waals surface area contributed by atoms with E-state index >= 15 is 0 Å². The van der Waals surface area contributed by atoms with E-state index in [9.17, 15) is 28.1 Å². The van der Waals surface area contributed by atoms with E-state index in [1.54, 1.807) is 0 Å². The Morgan fingerprint density at radius 1 is 0.909 bits per heavy atom. The van der Waals surface area contributed by atoms with Crippen LogP contribution in [0.1, 0.15) is 26.3 Å². The molecule has 0 bridgehead atoms. The Bertz CT molecular complexity index is 1310. The topological polar surface area (TPSA) is 176 Å². The number of carboxylic acid groups (broad SMARTS) is 2. The third-order valence-corrected chi connectivity index (χ3v) is 5.86. The number of nitrogens with one attached hydrogen (secondary N) is 2. The molecule has 0 saturated heterocycles. The summed E-state index contributed by atoms with van der Waals surface area (Å²) in [4.78, 5) is 32.8. The van der Waals surface area contributed by atoms with Crippen molar-refractivity contribution in [2.24, 2.45) is 0 Å². The van der Waals surface area contributed by atoms with Crippen molar-refractivity contribution in [1.82, 2.24) is 0 Å². The molecule has 33 heavy (non-hydrogen) atoms.